The maximum Gasteiger partial charge on any atom is 0.0898 e. The van der Waals surface area contributed by atoms with Crippen molar-refractivity contribution in [1.82, 2.24) is 10.3 Å². The molecule has 2 heterocycles. The van der Waals surface area contributed by atoms with Crippen LogP contribution >= 0.6 is 11.3 Å². The fourth-order valence-corrected chi connectivity index (χ4v) is 2.34. The van der Waals surface area contributed by atoms with Gasteiger partial charge in [0.2, 0.25) is 0 Å². The molecule has 4 heteroatoms. The van der Waals surface area contributed by atoms with E-state index in [-0.39, 0.29) is 0 Å². The first-order chi connectivity index (χ1) is 7.09. The Hall–Kier alpha value is -0.450. The average molecular weight is 226 g/mol. The number of thiazole rings is 1. The van der Waals surface area contributed by atoms with E-state index in [1.165, 1.54) is 0 Å². The monoisotopic (exact) mass is 226 g/mol. The van der Waals surface area contributed by atoms with Gasteiger partial charge in [0, 0.05) is 23.4 Å². The van der Waals surface area contributed by atoms with Crippen molar-refractivity contribution in [1.29, 1.82) is 0 Å². The molecule has 0 bridgehead atoms. The summed E-state index contributed by atoms with van der Waals surface area (Å²) in [5.74, 6) is 0. The second-order valence-electron chi connectivity index (χ2n) is 4.70. The highest BCUT2D eigenvalue weighted by Gasteiger charge is 2.33. The van der Waals surface area contributed by atoms with Crippen molar-refractivity contribution in [2.45, 2.75) is 26.8 Å². The summed E-state index contributed by atoms with van der Waals surface area (Å²) in [4.78, 5) is 4.48. The van der Waals surface area contributed by atoms with Crippen LogP contribution in [-0.2, 0) is 4.74 Å². The highest BCUT2D eigenvalue weighted by molar-refractivity contribution is 7.09. The number of ether oxygens (including phenoxy) is 1. The van der Waals surface area contributed by atoms with E-state index in [1.807, 2.05) is 6.92 Å². The molecule has 0 aromatic carbocycles. The zero-order chi connectivity index (χ0) is 10.9. The van der Waals surface area contributed by atoms with Crippen molar-refractivity contribution in [2.24, 2.45) is 5.41 Å². The van der Waals surface area contributed by atoms with E-state index in [0.29, 0.717) is 11.5 Å². The molecular formula is C11H18N2OS. The summed E-state index contributed by atoms with van der Waals surface area (Å²) < 4.78 is 5.23. The lowest BCUT2D eigenvalue weighted by Crippen LogP contribution is -2.47. The SMILES string of the molecule is Cc1nc(C(C)NCC2(C)COC2)cs1. The fourth-order valence-electron chi connectivity index (χ4n) is 1.64. The summed E-state index contributed by atoms with van der Waals surface area (Å²) in [6.07, 6.45) is 0. The van der Waals surface area contributed by atoms with E-state index >= 15 is 0 Å². The van der Waals surface area contributed by atoms with Gasteiger partial charge in [-0.2, -0.15) is 0 Å². The van der Waals surface area contributed by atoms with Crippen molar-refractivity contribution in [3.63, 3.8) is 0 Å². The van der Waals surface area contributed by atoms with Gasteiger partial charge in [0.15, 0.2) is 0 Å². The number of nitrogens with zero attached hydrogens (tertiary/aromatic N) is 1. The molecule has 1 aromatic heterocycles. The lowest BCUT2D eigenvalue weighted by molar-refractivity contribution is -0.0999. The maximum absolute atomic E-state index is 5.23. The Morgan fingerprint density at radius 1 is 1.67 bits per heavy atom. The van der Waals surface area contributed by atoms with Crippen LogP contribution in [0.25, 0.3) is 0 Å². The number of hydrogen-bond donors (Lipinski definition) is 1. The summed E-state index contributed by atoms with van der Waals surface area (Å²) in [7, 11) is 0. The Balaban J connectivity index is 1.84. The van der Waals surface area contributed by atoms with E-state index < -0.39 is 0 Å². The first kappa shape index (κ1) is 11.0. The van der Waals surface area contributed by atoms with E-state index in [1.54, 1.807) is 11.3 Å². The Labute approximate surface area is 94.9 Å². The van der Waals surface area contributed by atoms with Gasteiger partial charge in [0.1, 0.15) is 0 Å². The van der Waals surface area contributed by atoms with E-state index in [0.717, 1.165) is 30.5 Å². The maximum atomic E-state index is 5.23. The molecule has 0 radical (unpaired) electrons. The first-order valence-corrected chi connectivity index (χ1v) is 6.20. The zero-order valence-electron chi connectivity index (χ0n) is 9.54. The molecule has 2 rings (SSSR count). The molecule has 1 saturated heterocycles. The normalized spacial score (nSPS) is 21.0. The highest BCUT2D eigenvalue weighted by Crippen LogP contribution is 2.26. The van der Waals surface area contributed by atoms with Crippen molar-refractivity contribution >= 4 is 11.3 Å². The smallest absolute Gasteiger partial charge is 0.0898 e. The topological polar surface area (TPSA) is 34.2 Å². The molecule has 0 aliphatic carbocycles. The van der Waals surface area contributed by atoms with Crippen LogP contribution in [0.1, 0.15) is 30.6 Å². The minimum absolute atomic E-state index is 0.333. The lowest BCUT2D eigenvalue weighted by Gasteiger charge is -2.38. The third-order valence-corrected chi connectivity index (χ3v) is 3.61. The van der Waals surface area contributed by atoms with Crippen LogP contribution in [-0.4, -0.2) is 24.7 Å². The Morgan fingerprint density at radius 3 is 2.87 bits per heavy atom. The molecule has 3 nitrogen and oxygen atoms in total. The molecule has 1 aliphatic heterocycles. The van der Waals surface area contributed by atoms with E-state index in [4.69, 9.17) is 4.74 Å². The minimum atomic E-state index is 0.333. The molecule has 15 heavy (non-hydrogen) atoms. The first-order valence-electron chi connectivity index (χ1n) is 5.32. The summed E-state index contributed by atoms with van der Waals surface area (Å²) in [5.41, 5.74) is 1.49. The van der Waals surface area contributed by atoms with Crippen LogP contribution < -0.4 is 5.32 Å². The minimum Gasteiger partial charge on any atom is -0.380 e. The van der Waals surface area contributed by atoms with Crippen LogP contribution in [0.15, 0.2) is 5.38 Å². The van der Waals surface area contributed by atoms with Crippen molar-refractivity contribution < 1.29 is 4.74 Å². The van der Waals surface area contributed by atoms with E-state index in [2.05, 4.69) is 29.5 Å². The molecule has 84 valence electrons. The number of aryl methyl sites for hydroxylation is 1. The predicted octanol–water partition coefficient (Wildman–Crippen LogP) is 2.14. The summed E-state index contributed by atoms with van der Waals surface area (Å²) >= 11 is 1.71. The van der Waals surface area contributed by atoms with Crippen molar-refractivity contribution in [3.05, 3.63) is 16.1 Å². The molecule has 1 N–H and O–H groups in total. The number of rotatable bonds is 4. The van der Waals surface area contributed by atoms with E-state index in [9.17, 15) is 0 Å². The molecule has 1 unspecified atom stereocenters. The van der Waals surface area contributed by atoms with Gasteiger partial charge in [-0.25, -0.2) is 4.98 Å². The second-order valence-corrected chi connectivity index (χ2v) is 5.76. The van der Waals surface area contributed by atoms with Crippen LogP contribution in [0.5, 0.6) is 0 Å². The molecule has 0 saturated carbocycles. The summed E-state index contributed by atoms with van der Waals surface area (Å²) in [5, 5.41) is 6.79. The van der Waals surface area contributed by atoms with Crippen LogP contribution in [0, 0.1) is 12.3 Å². The van der Waals surface area contributed by atoms with Crippen LogP contribution in [0.3, 0.4) is 0 Å². The second kappa shape index (κ2) is 4.20. The standard InChI is InChI=1S/C11H18N2OS/c1-8(10-4-15-9(2)13-10)12-5-11(3)6-14-7-11/h4,8,12H,5-7H2,1-3H3. The number of aromatic nitrogens is 1. The van der Waals surface area contributed by atoms with Crippen LogP contribution in [0.4, 0.5) is 0 Å². The lowest BCUT2D eigenvalue weighted by atomic mass is 9.88. The Kier molecular flexibility index (Phi) is 3.09. The van der Waals surface area contributed by atoms with Gasteiger partial charge >= 0.3 is 0 Å². The average Bonchev–Trinajstić information content (AvgIpc) is 2.58. The summed E-state index contributed by atoms with van der Waals surface area (Å²) in [6.45, 7) is 9.22. The van der Waals surface area contributed by atoms with Gasteiger partial charge < -0.3 is 10.1 Å². The van der Waals surface area contributed by atoms with Gasteiger partial charge in [-0.15, -0.1) is 11.3 Å². The predicted molar refractivity (Wildman–Crippen MR) is 62.2 cm³/mol. The van der Waals surface area contributed by atoms with Gasteiger partial charge in [0.05, 0.1) is 23.9 Å². The Bertz CT molecular complexity index is 333. The van der Waals surface area contributed by atoms with Gasteiger partial charge in [-0.1, -0.05) is 6.92 Å². The molecule has 1 aliphatic rings. The molecule has 0 spiro atoms. The van der Waals surface area contributed by atoms with Crippen molar-refractivity contribution in [3.8, 4) is 0 Å². The molecule has 0 amide bonds. The number of hydrogen-bond acceptors (Lipinski definition) is 4. The van der Waals surface area contributed by atoms with Gasteiger partial charge in [0.25, 0.3) is 0 Å². The highest BCUT2D eigenvalue weighted by atomic mass is 32.1. The zero-order valence-corrected chi connectivity index (χ0v) is 10.4. The third-order valence-electron chi connectivity index (χ3n) is 2.82. The molecule has 1 fully saturated rings. The fraction of sp³-hybridized carbons (Fsp3) is 0.727. The third kappa shape index (κ3) is 2.56. The van der Waals surface area contributed by atoms with Gasteiger partial charge in [-0.3, -0.25) is 0 Å². The van der Waals surface area contributed by atoms with Crippen LogP contribution in [0.2, 0.25) is 0 Å². The largest absolute Gasteiger partial charge is 0.380 e. The summed E-state index contributed by atoms with van der Waals surface area (Å²) in [6, 6.07) is 0.340. The Morgan fingerprint density at radius 2 is 2.40 bits per heavy atom. The molecule has 1 atom stereocenters. The van der Waals surface area contributed by atoms with Gasteiger partial charge in [-0.05, 0) is 13.8 Å². The van der Waals surface area contributed by atoms with Crippen molar-refractivity contribution in [2.75, 3.05) is 19.8 Å². The molecular weight excluding hydrogens is 208 g/mol. The molecule has 1 aromatic rings. The number of nitrogens with one attached hydrogen (secondary N) is 1. The quantitative estimate of drug-likeness (QED) is 0.854.